The molecule has 0 radical (unpaired) electrons. The molecule has 0 amide bonds. The molecule has 1 fully saturated rings. The lowest BCUT2D eigenvalue weighted by Crippen LogP contribution is -2.44. The van der Waals surface area contributed by atoms with E-state index in [0.29, 0.717) is 6.04 Å². The van der Waals surface area contributed by atoms with Gasteiger partial charge < -0.3 is 9.64 Å². The highest BCUT2D eigenvalue weighted by Crippen LogP contribution is 2.28. The Morgan fingerprint density at radius 1 is 1.44 bits per heavy atom. The van der Waals surface area contributed by atoms with Gasteiger partial charge in [-0.15, -0.1) is 0 Å². The first-order valence-corrected chi connectivity index (χ1v) is 6.17. The second-order valence-electron chi connectivity index (χ2n) is 4.55. The highest BCUT2D eigenvalue weighted by molar-refractivity contribution is 5.60. The second-order valence-corrected chi connectivity index (χ2v) is 4.55. The Labute approximate surface area is 98.2 Å². The lowest BCUT2D eigenvalue weighted by Gasteiger charge is -2.37. The van der Waals surface area contributed by atoms with Gasteiger partial charge in [-0.05, 0) is 31.4 Å². The smallest absolute Gasteiger partial charge is 0.0668 e. The van der Waals surface area contributed by atoms with Crippen LogP contribution in [-0.2, 0) is 11.2 Å². The minimum atomic E-state index is 0.486. The van der Waals surface area contributed by atoms with E-state index in [0.717, 1.165) is 26.2 Å². The van der Waals surface area contributed by atoms with E-state index in [1.54, 1.807) is 0 Å². The van der Waals surface area contributed by atoms with E-state index in [1.165, 1.54) is 16.8 Å². The highest BCUT2D eigenvalue weighted by Gasteiger charge is 2.22. The van der Waals surface area contributed by atoms with Gasteiger partial charge in [0.1, 0.15) is 0 Å². The van der Waals surface area contributed by atoms with Crippen LogP contribution in [0, 0.1) is 6.92 Å². The van der Waals surface area contributed by atoms with Crippen molar-refractivity contribution in [1.29, 1.82) is 0 Å². The summed E-state index contributed by atoms with van der Waals surface area (Å²) in [4.78, 5) is 2.50. The van der Waals surface area contributed by atoms with E-state index in [1.807, 2.05) is 0 Å². The number of para-hydroxylation sites is 1. The lowest BCUT2D eigenvalue weighted by molar-refractivity contribution is 0.0988. The molecule has 0 spiro atoms. The predicted molar refractivity (Wildman–Crippen MR) is 68.2 cm³/mol. The average molecular weight is 219 g/mol. The quantitative estimate of drug-likeness (QED) is 0.758. The third kappa shape index (κ3) is 2.07. The second kappa shape index (κ2) is 4.88. The zero-order valence-electron chi connectivity index (χ0n) is 10.5. The Balaban J connectivity index is 2.37. The van der Waals surface area contributed by atoms with Crippen LogP contribution in [0.15, 0.2) is 18.2 Å². The number of anilines is 1. The van der Waals surface area contributed by atoms with Gasteiger partial charge in [-0.2, -0.15) is 0 Å². The van der Waals surface area contributed by atoms with Crippen molar-refractivity contribution in [3.05, 3.63) is 29.3 Å². The van der Waals surface area contributed by atoms with Crippen LogP contribution in [0.1, 0.15) is 25.0 Å². The molecule has 0 bridgehead atoms. The summed E-state index contributed by atoms with van der Waals surface area (Å²) in [5.41, 5.74) is 4.27. The Kier molecular flexibility index (Phi) is 3.49. The average Bonchev–Trinajstić information content (AvgIpc) is 2.30. The van der Waals surface area contributed by atoms with E-state index in [2.05, 4.69) is 43.9 Å². The van der Waals surface area contributed by atoms with E-state index in [4.69, 9.17) is 4.74 Å². The van der Waals surface area contributed by atoms with E-state index < -0.39 is 0 Å². The minimum Gasteiger partial charge on any atom is -0.377 e. The summed E-state index contributed by atoms with van der Waals surface area (Å²) in [5.74, 6) is 0. The van der Waals surface area contributed by atoms with Gasteiger partial charge in [-0.3, -0.25) is 0 Å². The Morgan fingerprint density at radius 2 is 2.25 bits per heavy atom. The van der Waals surface area contributed by atoms with E-state index >= 15 is 0 Å². The number of aryl methyl sites for hydroxylation is 2. The van der Waals surface area contributed by atoms with Crippen LogP contribution in [0.4, 0.5) is 5.69 Å². The number of hydrogen-bond acceptors (Lipinski definition) is 2. The Morgan fingerprint density at radius 3 is 2.94 bits per heavy atom. The van der Waals surface area contributed by atoms with Crippen molar-refractivity contribution in [2.24, 2.45) is 0 Å². The van der Waals surface area contributed by atoms with Gasteiger partial charge >= 0.3 is 0 Å². The van der Waals surface area contributed by atoms with E-state index in [-0.39, 0.29) is 0 Å². The molecule has 2 nitrogen and oxygen atoms in total. The monoisotopic (exact) mass is 219 g/mol. The van der Waals surface area contributed by atoms with Crippen LogP contribution in [0.3, 0.4) is 0 Å². The first-order valence-electron chi connectivity index (χ1n) is 6.17. The molecule has 0 N–H and O–H groups in total. The Hall–Kier alpha value is -1.02. The lowest BCUT2D eigenvalue weighted by atomic mass is 10.0. The maximum Gasteiger partial charge on any atom is 0.0668 e. The summed E-state index contributed by atoms with van der Waals surface area (Å²) in [5, 5.41) is 0. The number of ether oxygens (including phenoxy) is 1. The summed E-state index contributed by atoms with van der Waals surface area (Å²) in [6.07, 6.45) is 1.10. The maximum absolute atomic E-state index is 5.51. The number of nitrogens with zero attached hydrogens (tertiary/aromatic N) is 1. The zero-order valence-corrected chi connectivity index (χ0v) is 10.5. The fourth-order valence-corrected chi connectivity index (χ4v) is 2.48. The normalized spacial score (nSPS) is 21.2. The minimum absolute atomic E-state index is 0.486. The molecular weight excluding hydrogens is 198 g/mol. The Bertz CT molecular complexity index is 362. The number of hydrogen-bond donors (Lipinski definition) is 0. The molecule has 88 valence electrons. The SMILES string of the molecule is CCc1cccc(C)c1N1CCOCC1C. The number of rotatable bonds is 2. The van der Waals surface area contributed by atoms with Crippen molar-refractivity contribution in [3.63, 3.8) is 0 Å². The third-order valence-electron chi connectivity index (χ3n) is 3.36. The van der Waals surface area contributed by atoms with Gasteiger partial charge in [0.05, 0.1) is 13.2 Å². The molecule has 1 aromatic carbocycles. The van der Waals surface area contributed by atoms with Gasteiger partial charge in [0.25, 0.3) is 0 Å². The maximum atomic E-state index is 5.51. The van der Waals surface area contributed by atoms with Crippen LogP contribution in [0.25, 0.3) is 0 Å². The number of benzene rings is 1. The highest BCUT2D eigenvalue weighted by atomic mass is 16.5. The summed E-state index contributed by atoms with van der Waals surface area (Å²) in [7, 11) is 0. The van der Waals surface area contributed by atoms with Crippen LogP contribution < -0.4 is 4.90 Å². The van der Waals surface area contributed by atoms with Crippen LogP contribution in [0.2, 0.25) is 0 Å². The van der Waals surface area contributed by atoms with Gasteiger partial charge in [0, 0.05) is 18.3 Å². The molecule has 2 heteroatoms. The van der Waals surface area contributed by atoms with Gasteiger partial charge in [0.2, 0.25) is 0 Å². The van der Waals surface area contributed by atoms with Gasteiger partial charge in [0.15, 0.2) is 0 Å². The third-order valence-corrected chi connectivity index (χ3v) is 3.36. The first kappa shape index (κ1) is 11.5. The summed E-state index contributed by atoms with van der Waals surface area (Å²) < 4.78 is 5.51. The van der Waals surface area contributed by atoms with Gasteiger partial charge in [-0.25, -0.2) is 0 Å². The number of morpholine rings is 1. The summed E-state index contributed by atoms with van der Waals surface area (Å²) >= 11 is 0. The van der Waals surface area contributed by atoms with Crippen molar-refractivity contribution in [3.8, 4) is 0 Å². The van der Waals surface area contributed by atoms with Crippen LogP contribution >= 0.6 is 0 Å². The van der Waals surface area contributed by atoms with E-state index in [9.17, 15) is 0 Å². The standard InChI is InChI=1S/C14H21NO/c1-4-13-7-5-6-11(2)14(13)15-8-9-16-10-12(15)3/h5-7,12H,4,8-10H2,1-3H3. The fourth-order valence-electron chi connectivity index (χ4n) is 2.48. The van der Waals surface area contributed by atoms with Gasteiger partial charge in [-0.1, -0.05) is 25.1 Å². The largest absolute Gasteiger partial charge is 0.377 e. The van der Waals surface area contributed by atoms with Crippen molar-refractivity contribution in [1.82, 2.24) is 0 Å². The molecular formula is C14H21NO. The van der Waals surface area contributed by atoms with Crippen LogP contribution in [-0.4, -0.2) is 25.8 Å². The van der Waals surface area contributed by atoms with Crippen molar-refractivity contribution >= 4 is 5.69 Å². The molecule has 0 aromatic heterocycles. The molecule has 1 atom stereocenters. The zero-order chi connectivity index (χ0) is 11.5. The molecule has 1 unspecified atom stereocenters. The molecule has 2 rings (SSSR count). The van der Waals surface area contributed by atoms with Crippen molar-refractivity contribution in [2.45, 2.75) is 33.2 Å². The topological polar surface area (TPSA) is 12.5 Å². The van der Waals surface area contributed by atoms with Crippen molar-refractivity contribution < 1.29 is 4.74 Å². The fraction of sp³-hybridized carbons (Fsp3) is 0.571. The molecule has 16 heavy (non-hydrogen) atoms. The van der Waals surface area contributed by atoms with Crippen LogP contribution in [0.5, 0.6) is 0 Å². The molecule has 1 aliphatic rings. The first-order chi connectivity index (χ1) is 7.74. The summed E-state index contributed by atoms with van der Waals surface area (Å²) in [6.45, 7) is 9.38. The molecule has 1 saturated heterocycles. The molecule has 1 aromatic rings. The molecule has 1 heterocycles. The molecule has 0 saturated carbocycles. The predicted octanol–water partition coefficient (Wildman–Crippen LogP) is 2.78. The molecule has 0 aliphatic carbocycles. The molecule has 1 aliphatic heterocycles. The van der Waals surface area contributed by atoms with Crippen molar-refractivity contribution in [2.75, 3.05) is 24.7 Å². The summed E-state index contributed by atoms with van der Waals surface area (Å²) in [6, 6.07) is 7.09.